The van der Waals surface area contributed by atoms with Crippen molar-refractivity contribution < 1.29 is 14.3 Å². The van der Waals surface area contributed by atoms with E-state index in [9.17, 15) is 9.59 Å². The molecule has 118 valence electrons. The molecule has 0 saturated carbocycles. The van der Waals surface area contributed by atoms with Crippen LogP contribution in [0.25, 0.3) is 0 Å². The summed E-state index contributed by atoms with van der Waals surface area (Å²) in [4.78, 5) is 23.4. The van der Waals surface area contributed by atoms with Crippen LogP contribution in [0, 0.1) is 5.92 Å². The van der Waals surface area contributed by atoms with Crippen LogP contribution in [-0.2, 0) is 14.3 Å². The summed E-state index contributed by atoms with van der Waals surface area (Å²) in [5, 5.41) is 2.73. The van der Waals surface area contributed by atoms with Gasteiger partial charge >= 0.3 is 5.97 Å². The van der Waals surface area contributed by atoms with Crippen LogP contribution in [0.1, 0.15) is 44.6 Å². The normalized spacial score (nSPS) is 16.8. The standard InChI is InChI=1S/C18H23NO3/c1-13(2)15-7-9-16(10-8-15)19-17(20)12-22-18(21)11-14-5-3-4-6-14/h3,5,7-10,13-14H,4,6,11-12H2,1-2H3,(H,19,20)/t14-/m1/s1. The number of allylic oxidation sites excluding steroid dienone is 2. The Balaban J connectivity index is 1.72. The van der Waals surface area contributed by atoms with E-state index in [4.69, 9.17) is 4.74 Å². The number of anilines is 1. The number of rotatable bonds is 6. The molecule has 1 aliphatic carbocycles. The summed E-state index contributed by atoms with van der Waals surface area (Å²) < 4.78 is 5.02. The van der Waals surface area contributed by atoms with Gasteiger partial charge in [-0.05, 0) is 42.4 Å². The number of hydrogen-bond acceptors (Lipinski definition) is 3. The van der Waals surface area contributed by atoms with Crippen LogP contribution < -0.4 is 5.32 Å². The summed E-state index contributed by atoms with van der Waals surface area (Å²) in [6.45, 7) is 4.00. The minimum Gasteiger partial charge on any atom is -0.456 e. The predicted molar refractivity (Wildman–Crippen MR) is 86.6 cm³/mol. The summed E-state index contributed by atoms with van der Waals surface area (Å²) in [6, 6.07) is 7.69. The Morgan fingerprint density at radius 2 is 2.00 bits per heavy atom. The van der Waals surface area contributed by atoms with Gasteiger partial charge in [0.2, 0.25) is 0 Å². The molecule has 0 spiro atoms. The number of carbonyl (C=O) groups excluding carboxylic acids is 2. The van der Waals surface area contributed by atoms with Crippen molar-refractivity contribution in [1.82, 2.24) is 0 Å². The third kappa shape index (κ3) is 5.02. The molecular weight excluding hydrogens is 278 g/mol. The minimum absolute atomic E-state index is 0.235. The zero-order valence-electron chi connectivity index (χ0n) is 13.2. The molecule has 0 saturated heterocycles. The van der Waals surface area contributed by atoms with Gasteiger partial charge in [0.1, 0.15) is 0 Å². The molecular formula is C18H23NO3. The van der Waals surface area contributed by atoms with Gasteiger partial charge in [-0.15, -0.1) is 0 Å². The number of benzene rings is 1. The molecule has 1 amide bonds. The maximum atomic E-state index is 11.8. The van der Waals surface area contributed by atoms with Gasteiger partial charge in [0, 0.05) is 5.69 Å². The van der Waals surface area contributed by atoms with Crippen molar-refractivity contribution >= 4 is 17.6 Å². The smallest absolute Gasteiger partial charge is 0.306 e. The lowest BCUT2D eigenvalue weighted by Gasteiger charge is -2.10. The molecule has 4 nitrogen and oxygen atoms in total. The quantitative estimate of drug-likeness (QED) is 0.644. The van der Waals surface area contributed by atoms with Gasteiger partial charge in [0.25, 0.3) is 5.91 Å². The van der Waals surface area contributed by atoms with E-state index in [0.29, 0.717) is 18.0 Å². The molecule has 0 unspecified atom stereocenters. The topological polar surface area (TPSA) is 55.4 Å². The van der Waals surface area contributed by atoms with Gasteiger partial charge < -0.3 is 10.1 Å². The number of hydrogen-bond donors (Lipinski definition) is 1. The third-order valence-corrected chi connectivity index (χ3v) is 3.77. The highest BCUT2D eigenvalue weighted by Gasteiger charge is 2.16. The van der Waals surface area contributed by atoms with Crippen LogP contribution in [-0.4, -0.2) is 18.5 Å². The van der Waals surface area contributed by atoms with E-state index < -0.39 is 0 Å². The van der Waals surface area contributed by atoms with Gasteiger partial charge in [-0.1, -0.05) is 38.1 Å². The molecule has 0 aromatic heterocycles. The lowest BCUT2D eigenvalue weighted by atomic mass is 10.0. The Labute approximate surface area is 131 Å². The highest BCUT2D eigenvalue weighted by Crippen LogP contribution is 2.20. The van der Waals surface area contributed by atoms with Gasteiger partial charge in [-0.2, -0.15) is 0 Å². The first kappa shape index (κ1) is 16.3. The SMILES string of the molecule is CC(C)c1ccc(NC(=O)COC(=O)C[C@@H]2C=CCC2)cc1. The summed E-state index contributed by atoms with van der Waals surface area (Å²) >= 11 is 0. The second-order valence-corrected chi connectivity index (χ2v) is 5.96. The first-order valence-electron chi connectivity index (χ1n) is 7.76. The average molecular weight is 301 g/mol. The molecule has 1 aromatic rings. The second-order valence-electron chi connectivity index (χ2n) is 5.96. The molecule has 0 bridgehead atoms. The molecule has 0 heterocycles. The number of carbonyl (C=O) groups is 2. The minimum atomic E-state index is -0.318. The number of ether oxygens (including phenoxy) is 1. The van der Waals surface area contributed by atoms with Crippen molar-refractivity contribution in [2.24, 2.45) is 5.92 Å². The van der Waals surface area contributed by atoms with E-state index >= 15 is 0 Å². The molecule has 2 rings (SSSR count). The fourth-order valence-electron chi connectivity index (χ4n) is 2.43. The van der Waals surface area contributed by atoms with Crippen LogP contribution in [0.2, 0.25) is 0 Å². The van der Waals surface area contributed by atoms with E-state index in [1.54, 1.807) is 0 Å². The molecule has 4 heteroatoms. The molecule has 1 aliphatic rings. The van der Waals surface area contributed by atoms with Crippen LogP contribution in [0.4, 0.5) is 5.69 Å². The first-order chi connectivity index (χ1) is 10.5. The fraction of sp³-hybridized carbons (Fsp3) is 0.444. The van der Waals surface area contributed by atoms with Gasteiger partial charge in [-0.3, -0.25) is 9.59 Å². The molecule has 1 aromatic carbocycles. The zero-order chi connectivity index (χ0) is 15.9. The van der Waals surface area contributed by atoms with Crippen LogP contribution in [0.3, 0.4) is 0 Å². The highest BCUT2D eigenvalue weighted by molar-refractivity contribution is 5.92. The predicted octanol–water partition coefficient (Wildman–Crippen LogP) is 3.65. The van der Waals surface area contributed by atoms with Crippen LogP contribution in [0.5, 0.6) is 0 Å². The Morgan fingerprint density at radius 1 is 1.27 bits per heavy atom. The van der Waals surface area contributed by atoms with Crippen LogP contribution in [0.15, 0.2) is 36.4 Å². The van der Waals surface area contributed by atoms with Crippen molar-refractivity contribution in [1.29, 1.82) is 0 Å². The Bertz CT molecular complexity index is 546. The highest BCUT2D eigenvalue weighted by atomic mass is 16.5. The summed E-state index contributed by atoms with van der Waals surface area (Å²) in [6.07, 6.45) is 6.48. The molecule has 22 heavy (non-hydrogen) atoms. The molecule has 0 fully saturated rings. The Kier molecular flexibility index (Phi) is 5.75. The third-order valence-electron chi connectivity index (χ3n) is 3.77. The van der Waals surface area contributed by atoms with Gasteiger partial charge in [0.05, 0.1) is 6.42 Å². The summed E-state index contributed by atoms with van der Waals surface area (Å²) in [5.74, 6) is 0.0870. The van der Waals surface area contributed by atoms with Crippen molar-refractivity contribution in [3.05, 3.63) is 42.0 Å². The van der Waals surface area contributed by atoms with E-state index in [2.05, 4.69) is 25.2 Å². The Hall–Kier alpha value is -2.10. The maximum absolute atomic E-state index is 11.8. The average Bonchev–Trinajstić information content (AvgIpc) is 2.98. The number of esters is 1. The van der Waals surface area contributed by atoms with Crippen molar-refractivity contribution in [2.75, 3.05) is 11.9 Å². The van der Waals surface area contributed by atoms with Gasteiger partial charge in [-0.25, -0.2) is 0 Å². The molecule has 1 N–H and O–H groups in total. The lowest BCUT2D eigenvalue weighted by Crippen LogP contribution is -2.21. The summed E-state index contributed by atoms with van der Waals surface area (Å²) in [5.41, 5.74) is 1.93. The lowest BCUT2D eigenvalue weighted by molar-refractivity contribution is -0.147. The monoisotopic (exact) mass is 301 g/mol. The van der Waals surface area contributed by atoms with Crippen LogP contribution >= 0.6 is 0 Å². The van der Waals surface area contributed by atoms with Crippen molar-refractivity contribution in [3.8, 4) is 0 Å². The number of amides is 1. The van der Waals surface area contributed by atoms with E-state index in [1.807, 2.05) is 30.3 Å². The first-order valence-corrected chi connectivity index (χ1v) is 7.76. The molecule has 0 radical (unpaired) electrons. The summed E-state index contributed by atoms with van der Waals surface area (Å²) in [7, 11) is 0. The molecule has 1 atom stereocenters. The van der Waals surface area contributed by atoms with E-state index in [-0.39, 0.29) is 24.4 Å². The van der Waals surface area contributed by atoms with Crippen molar-refractivity contribution in [3.63, 3.8) is 0 Å². The van der Waals surface area contributed by atoms with Gasteiger partial charge in [0.15, 0.2) is 6.61 Å². The number of nitrogens with one attached hydrogen (secondary N) is 1. The molecule has 0 aliphatic heterocycles. The van der Waals surface area contributed by atoms with E-state index in [0.717, 1.165) is 12.8 Å². The maximum Gasteiger partial charge on any atom is 0.306 e. The largest absolute Gasteiger partial charge is 0.456 e. The fourth-order valence-corrected chi connectivity index (χ4v) is 2.43. The van der Waals surface area contributed by atoms with Crippen molar-refractivity contribution in [2.45, 2.75) is 39.0 Å². The second kappa shape index (κ2) is 7.78. The van der Waals surface area contributed by atoms with E-state index in [1.165, 1.54) is 5.56 Å². The Morgan fingerprint density at radius 3 is 2.59 bits per heavy atom. The zero-order valence-corrected chi connectivity index (χ0v) is 13.2.